The Morgan fingerprint density at radius 3 is 1.29 bits per heavy atom. The molecule has 0 spiro atoms. The highest BCUT2D eigenvalue weighted by molar-refractivity contribution is 14.1. The van der Waals surface area contributed by atoms with Gasteiger partial charge in [0.05, 0.1) is 0 Å². The maximum Gasteiger partial charge on any atom is 0.0215 e. The topological polar surface area (TPSA) is 0 Å². The van der Waals surface area contributed by atoms with Gasteiger partial charge in [-0.05, 0) is 102 Å². The summed E-state index contributed by atoms with van der Waals surface area (Å²) < 4.78 is 2.65. The lowest BCUT2D eigenvalue weighted by Crippen LogP contribution is -2.01. The molecule has 0 fully saturated rings. The van der Waals surface area contributed by atoms with E-state index >= 15 is 0 Å². The molecule has 142 valence electrons. The van der Waals surface area contributed by atoms with E-state index in [1.807, 2.05) is 0 Å². The summed E-state index contributed by atoms with van der Waals surface area (Å²) in [5.41, 5.74) is 5.73. The van der Waals surface area contributed by atoms with Crippen molar-refractivity contribution in [1.29, 1.82) is 0 Å². The zero-order valence-electron chi connectivity index (χ0n) is 16.7. The minimum atomic E-state index is 0.465. The van der Waals surface area contributed by atoms with Crippen molar-refractivity contribution in [3.63, 3.8) is 0 Å². The van der Waals surface area contributed by atoms with Gasteiger partial charge in [0, 0.05) is 17.9 Å². The van der Waals surface area contributed by atoms with Crippen LogP contribution in [0.5, 0.6) is 0 Å². The van der Waals surface area contributed by atoms with Gasteiger partial charge >= 0.3 is 0 Å². The van der Waals surface area contributed by atoms with Crippen LogP contribution in [0.15, 0.2) is 60.7 Å². The Kier molecular flexibility index (Phi) is 5.71. The summed E-state index contributed by atoms with van der Waals surface area (Å²) in [7, 11) is 0. The van der Waals surface area contributed by atoms with E-state index in [2.05, 4.69) is 134 Å². The lowest BCUT2D eigenvalue weighted by Gasteiger charge is -2.23. The average Bonchev–Trinajstić information content (AvgIpc) is 2.66. The lowest BCUT2D eigenvalue weighted by molar-refractivity contribution is 0.860. The summed E-state index contributed by atoms with van der Waals surface area (Å²) in [4.78, 5) is 0. The maximum atomic E-state index is 2.51. The molecular weight excluding hydrogens is 566 g/mol. The van der Waals surface area contributed by atoms with Gasteiger partial charge < -0.3 is 0 Å². The molecule has 2 heteroatoms. The van der Waals surface area contributed by atoms with Gasteiger partial charge in [0.2, 0.25) is 0 Å². The Labute approximate surface area is 195 Å². The Hall–Kier alpha value is -1.14. The molecule has 28 heavy (non-hydrogen) atoms. The molecule has 0 aromatic heterocycles. The zero-order chi connectivity index (χ0) is 20.0. The normalized spacial score (nSPS) is 11.9. The number of halogens is 2. The van der Waals surface area contributed by atoms with Gasteiger partial charge in [-0.1, -0.05) is 76.2 Å². The van der Waals surface area contributed by atoms with Crippen LogP contribution in [0, 0.1) is 7.14 Å². The average molecular weight is 590 g/mol. The van der Waals surface area contributed by atoms with Crippen molar-refractivity contribution >= 4 is 66.7 Å². The molecule has 0 atom stereocenters. The Balaban J connectivity index is 2.30. The summed E-state index contributed by atoms with van der Waals surface area (Å²) in [6.45, 7) is 9.24. The van der Waals surface area contributed by atoms with Crippen molar-refractivity contribution in [1.82, 2.24) is 0 Å². The predicted molar refractivity (Wildman–Crippen MR) is 141 cm³/mol. The summed E-state index contributed by atoms with van der Waals surface area (Å²) >= 11 is 5.02. The molecule has 0 heterocycles. The van der Waals surface area contributed by atoms with Crippen LogP contribution in [0.4, 0.5) is 0 Å². The molecule has 0 saturated heterocycles. The van der Waals surface area contributed by atoms with Crippen molar-refractivity contribution < 1.29 is 0 Å². The molecule has 0 aliphatic rings. The zero-order valence-corrected chi connectivity index (χ0v) is 21.0. The maximum absolute atomic E-state index is 2.51. The smallest absolute Gasteiger partial charge is 0.0215 e. The molecule has 4 aromatic rings. The molecule has 4 rings (SSSR count). The van der Waals surface area contributed by atoms with Gasteiger partial charge in [-0.2, -0.15) is 0 Å². The predicted octanol–water partition coefficient (Wildman–Crippen LogP) is 9.12. The van der Waals surface area contributed by atoms with Crippen LogP contribution >= 0.6 is 45.2 Å². The summed E-state index contributed by atoms with van der Waals surface area (Å²) in [5.74, 6) is 0.930. The van der Waals surface area contributed by atoms with Crippen LogP contribution in [0.1, 0.15) is 50.7 Å². The van der Waals surface area contributed by atoms with E-state index in [4.69, 9.17) is 0 Å². The molecule has 0 radical (unpaired) electrons. The number of rotatable bonds is 3. The largest absolute Gasteiger partial charge is 0.0606 e. The van der Waals surface area contributed by atoms with Crippen LogP contribution in [-0.2, 0) is 0 Å². The first kappa shape index (κ1) is 20.1. The second-order valence-corrected chi connectivity index (χ2v) is 10.4. The summed E-state index contributed by atoms with van der Waals surface area (Å²) in [5, 5.41) is 5.43. The molecular formula is C26H24I2. The highest BCUT2D eigenvalue weighted by Crippen LogP contribution is 2.45. The first-order chi connectivity index (χ1) is 13.4. The van der Waals surface area contributed by atoms with Crippen LogP contribution in [-0.4, -0.2) is 0 Å². The van der Waals surface area contributed by atoms with Gasteiger partial charge in [-0.15, -0.1) is 0 Å². The van der Waals surface area contributed by atoms with E-state index in [1.165, 1.54) is 50.9 Å². The van der Waals surface area contributed by atoms with Gasteiger partial charge in [0.15, 0.2) is 0 Å². The molecule has 4 aromatic carbocycles. The molecule has 0 bridgehead atoms. The van der Waals surface area contributed by atoms with Gasteiger partial charge in [0.1, 0.15) is 0 Å². The van der Waals surface area contributed by atoms with E-state index in [0.717, 1.165) is 0 Å². The third kappa shape index (κ3) is 3.36. The monoisotopic (exact) mass is 590 g/mol. The standard InChI is InChI=1S/C26H24I2/c1-15(2)19-13-11-17-7-5-9-21(27)23(17)25(19)26-20(16(3)4)14-12-18-8-6-10-22(28)24(18)26/h5-16H,1-4H3. The molecule has 0 saturated carbocycles. The van der Waals surface area contributed by atoms with Gasteiger partial charge in [-0.25, -0.2) is 0 Å². The minimum Gasteiger partial charge on any atom is -0.0606 e. The van der Waals surface area contributed by atoms with Crippen molar-refractivity contribution in [2.24, 2.45) is 0 Å². The fourth-order valence-electron chi connectivity index (χ4n) is 4.20. The lowest BCUT2D eigenvalue weighted by atomic mass is 9.82. The molecule has 0 amide bonds. The van der Waals surface area contributed by atoms with E-state index in [9.17, 15) is 0 Å². The highest BCUT2D eigenvalue weighted by Gasteiger charge is 2.21. The molecule has 0 aliphatic heterocycles. The highest BCUT2D eigenvalue weighted by atomic mass is 127. The third-order valence-electron chi connectivity index (χ3n) is 5.55. The first-order valence-electron chi connectivity index (χ1n) is 9.82. The number of hydrogen-bond acceptors (Lipinski definition) is 0. The van der Waals surface area contributed by atoms with Crippen molar-refractivity contribution in [2.45, 2.75) is 39.5 Å². The van der Waals surface area contributed by atoms with Gasteiger partial charge in [0.25, 0.3) is 0 Å². The van der Waals surface area contributed by atoms with Crippen LogP contribution < -0.4 is 0 Å². The molecule has 0 unspecified atom stereocenters. The van der Waals surface area contributed by atoms with E-state index in [-0.39, 0.29) is 0 Å². The first-order valence-corrected chi connectivity index (χ1v) is 12.0. The number of fused-ring (bicyclic) bond motifs is 2. The Bertz CT molecular complexity index is 1090. The second kappa shape index (κ2) is 7.94. The SMILES string of the molecule is CC(C)c1ccc2cccc(I)c2c1-c1c(C(C)C)ccc2cccc(I)c12. The summed E-state index contributed by atoms with van der Waals surface area (Å²) in [6.07, 6.45) is 0. The van der Waals surface area contributed by atoms with Crippen molar-refractivity contribution in [3.8, 4) is 11.1 Å². The molecule has 0 nitrogen and oxygen atoms in total. The summed E-state index contributed by atoms with van der Waals surface area (Å²) in [6, 6.07) is 22.6. The van der Waals surface area contributed by atoms with Crippen LogP contribution in [0.2, 0.25) is 0 Å². The molecule has 0 aliphatic carbocycles. The molecule has 0 N–H and O–H groups in total. The van der Waals surface area contributed by atoms with E-state index in [0.29, 0.717) is 11.8 Å². The van der Waals surface area contributed by atoms with E-state index in [1.54, 1.807) is 0 Å². The van der Waals surface area contributed by atoms with Crippen molar-refractivity contribution in [3.05, 3.63) is 78.9 Å². The number of hydrogen-bond donors (Lipinski definition) is 0. The van der Waals surface area contributed by atoms with Gasteiger partial charge in [-0.3, -0.25) is 0 Å². The second-order valence-electron chi connectivity index (χ2n) is 8.04. The van der Waals surface area contributed by atoms with Crippen LogP contribution in [0.25, 0.3) is 32.7 Å². The van der Waals surface area contributed by atoms with E-state index < -0.39 is 0 Å². The fraction of sp³-hybridized carbons (Fsp3) is 0.231. The fourth-order valence-corrected chi connectivity index (χ4v) is 5.78. The number of benzene rings is 4. The van der Waals surface area contributed by atoms with Crippen LogP contribution in [0.3, 0.4) is 0 Å². The minimum absolute atomic E-state index is 0.465. The Morgan fingerprint density at radius 1 is 0.536 bits per heavy atom. The Morgan fingerprint density at radius 2 is 0.929 bits per heavy atom. The van der Waals surface area contributed by atoms with Crippen molar-refractivity contribution in [2.75, 3.05) is 0 Å². The third-order valence-corrected chi connectivity index (χ3v) is 7.35. The quantitative estimate of drug-likeness (QED) is 0.209.